The first-order valence-corrected chi connectivity index (χ1v) is 5.54. The van der Waals surface area contributed by atoms with E-state index >= 15 is 0 Å². The summed E-state index contributed by atoms with van der Waals surface area (Å²) in [6, 6.07) is 7.94. The van der Waals surface area contributed by atoms with Crippen LogP contribution in [-0.4, -0.2) is 11.0 Å². The number of benzene rings is 2. The number of halogens is 2. The number of phenols is 1. The third-order valence-electron chi connectivity index (χ3n) is 2.75. The van der Waals surface area contributed by atoms with Crippen LogP contribution in [0.15, 0.2) is 36.4 Å². The van der Waals surface area contributed by atoms with Gasteiger partial charge in [0, 0.05) is 11.3 Å². The minimum atomic E-state index is -1.20. The van der Waals surface area contributed by atoms with Gasteiger partial charge in [-0.2, -0.15) is 0 Å². The number of amides is 1. The lowest BCUT2D eigenvalue weighted by molar-refractivity contribution is 0.102. The molecule has 2 aromatic rings. The number of hydrogen-bond donors (Lipinski definition) is 2. The van der Waals surface area contributed by atoms with Crippen LogP contribution in [0.4, 0.5) is 14.5 Å². The van der Waals surface area contributed by atoms with E-state index < -0.39 is 17.5 Å². The van der Waals surface area contributed by atoms with E-state index in [1.807, 2.05) is 0 Å². The summed E-state index contributed by atoms with van der Waals surface area (Å²) in [4.78, 5) is 11.9. The van der Waals surface area contributed by atoms with Gasteiger partial charge in [0.2, 0.25) is 0 Å². The normalized spacial score (nSPS) is 10.3. The highest BCUT2D eigenvalue weighted by Crippen LogP contribution is 2.24. The summed E-state index contributed by atoms with van der Waals surface area (Å²) in [5, 5.41) is 11.9. The van der Waals surface area contributed by atoms with Crippen LogP contribution in [0, 0.1) is 18.6 Å². The van der Waals surface area contributed by atoms with Crippen molar-refractivity contribution in [3.05, 3.63) is 59.2 Å². The molecule has 0 unspecified atom stereocenters. The van der Waals surface area contributed by atoms with Crippen molar-refractivity contribution in [1.82, 2.24) is 0 Å². The van der Waals surface area contributed by atoms with Gasteiger partial charge in [0.05, 0.1) is 5.56 Å². The first kappa shape index (κ1) is 13.0. The number of rotatable bonds is 2. The van der Waals surface area contributed by atoms with Crippen molar-refractivity contribution >= 4 is 11.6 Å². The van der Waals surface area contributed by atoms with E-state index in [9.17, 15) is 18.7 Å². The van der Waals surface area contributed by atoms with E-state index in [4.69, 9.17) is 0 Å². The standard InChI is InChI=1S/C14H11F2NO2/c1-8-11(6-3-7-12(8)18)17-14(19)9-4-2-5-10(15)13(9)16/h2-7,18H,1H3,(H,17,19). The lowest BCUT2D eigenvalue weighted by Gasteiger charge is -2.10. The molecule has 98 valence electrons. The number of nitrogens with one attached hydrogen (secondary N) is 1. The van der Waals surface area contributed by atoms with Crippen molar-refractivity contribution in [3.63, 3.8) is 0 Å². The minimum Gasteiger partial charge on any atom is -0.508 e. The van der Waals surface area contributed by atoms with Crippen molar-refractivity contribution in [3.8, 4) is 5.75 Å². The summed E-state index contributed by atoms with van der Waals surface area (Å²) in [6.07, 6.45) is 0. The molecule has 2 aromatic carbocycles. The summed E-state index contributed by atoms with van der Waals surface area (Å²) in [7, 11) is 0. The van der Waals surface area contributed by atoms with E-state index in [2.05, 4.69) is 5.32 Å². The highest BCUT2D eigenvalue weighted by atomic mass is 19.2. The molecule has 0 radical (unpaired) electrons. The maximum Gasteiger partial charge on any atom is 0.258 e. The maximum absolute atomic E-state index is 13.4. The molecular weight excluding hydrogens is 252 g/mol. The summed E-state index contributed by atoms with van der Waals surface area (Å²) in [6.45, 7) is 1.60. The van der Waals surface area contributed by atoms with Gasteiger partial charge in [0.1, 0.15) is 5.75 Å². The lowest BCUT2D eigenvalue weighted by atomic mass is 10.1. The van der Waals surface area contributed by atoms with Gasteiger partial charge in [0.15, 0.2) is 11.6 Å². The van der Waals surface area contributed by atoms with Gasteiger partial charge in [-0.1, -0.05) is 12.1 Å². The Morgan fingerprint density at radius 2 is 1.84 bits per heavy atom. The molecule has 1 amide bonds. The van der Waals surface area contributed by atoms with Crippen LogP contribution in [0.5, 0.6) is 5.75 Å². The van der Waals surface area contributed by atoms with Crippen molar-refractivity contribution in [2.45, 2.75) is 6.92 Å². The van der Waals surface area contributed by atoms with E-state index in [0.29, 0.717) is 11.3 Å². The molecule has 5 heteroatoms. The smallest absolute Gasteiger partial charge is 0.258 e. The third kappa shape index (κ3) is 2.54. The topological polar surface area (TPSA) is 49.3 Å². The van der Waals surface area contributed by atoms with Crippen LogP contribution < -0.4 is 5.32 Å². The fourth-order valence-electron chi connectivity index (χ4n) is 1.63. The molecule has 0 atom stereocenters. The Kier molecular flexibility index (Phi) is 3.46. The number of carbonyl (C=O) groups excluding carboxylic acids is 1. The predicted octanol–water partition coefficient (Wildman–Crippen LogP) is 3.23. The zero-order valence-corrected chi connectivity index (χ0v) is 10.1. The summed E-state index contributed by atoms with van der Waals surface area (Å²) in [5.74, 6) is -3.04. The van der Waals surface area contributed by atoms with Crippen molar-refractivity contribution < 1.29 is 18.7 Å². The van der Waals surface area contributed by atoms with Crippen molar-refractivity contribution in [2.24, 2.45) is 0 Å². The fourth-order valence-corrected chi connectivity index (χ4v) is 1.63. The second-order valence-electron chi connectivity index (χ2n) is 4.01. The Morgan fingerprint density at radius 1 is 1.16 bits per heavy atom. The zero-order chi connectivity index (χ0) is 14.0. The van der Waals surface area contributed by atoms with Crippen LogP contribution in [0.1, 0.15) is 15.9 Å². The molecule has 0 fully saturated rings. The quantitative estimate of drug-likeness (QED) is 0.873. The van der Waals surface area contributed by atoms with E-state index in [1.54, 1.807) is 19.1 Å². The molecule has 0 saturated heterocycles. The van der Waals surface area contributed by atoms with Crippen LogP contribution in [0.2, 0.25) is 0 Å². The Bertz CT molecular complexity index is 641. The Labute approximate surface area is 108 Å². The monoisotopic (exact) mass is 263 g/mol. The van der Waals surface area contributed by atoms with Crippen molar-refractivity contribution in [1.29, 1.82) is 0 Å². The van der Waals surface area contributed by atoms with Gasteiger partial charge in [-0.15, -0.1) is 0 Å². The van der Waals surface area contributed by atoms with Gasteiger partial charge >= 0.3 is 0 Å². The first-order valence-electron chi connectivity index (χ1n) is 5.54. The van der Waals surface area contributed by atoms with Crippen LogP contribution in [-0.2, 0) is 0 Å². The summed E-state index contributed by atoms with van der Waals surface area (Å²) < 4.78 is 26.5. The molecule has 0 saturated carbocycles. The molecule has 0 heterocycles. The van der Waals surface area contributed by atoms with Gasteiger partial charge in [0.25, 0.3) is 5.91 Å². The van der Waals surface area contributed by atoms with Crippen LogP contribution in [0.25, 0.3) is 0 Å². The zero-order valence-electron chi connectivity index (χ0n) is 10.1. The molecule has 2 N–H and O–H groups in total. The maximum atomic E-state index is 13.4. The average Bonchev–Trinajstić information content (AvgIpc) is 2.38. The Balaban J connectivity index is 2.31. The summed E-state index contributed by atoms with van der Waals surface area (Å²) >= 11 is 0. The fraction of sp³-hybridized carbons (Fsp3) is 0.0714. The van der Waals surface area contributed by atoms with Crippen LogP contribution in [0.3, 0.4) is 0 Å². The number of aromatic hydroxyl groups is 1. The van der Waals surface area contributed by atoms with E-state index in [1.165, 1.54) is 18.2 Å². The molecule has 0 aromatic heterocycles. The SMILES string of the molecule is Cc1c(O)cccc1NC(=O)c1cccc(F)c1F. The Hall–Kier alpha value is -2.43. The van der Waals surface area contributed by atoms with E-state index in [-0.39, 0.29) is 11.3 Å². The van der Waals surface area contributed by atoms with Crippen LogP contribution >= 0.6 is 0 Å². The minimum absolute atomic E-state index is 0.0116. The highest BCUT2D eigenvalue weighted by molar-refractivity contribution is 6.05. The number of anilines is 1. The third-order valence-corrected chi connectivity index (χ3v) is 2.75. The second-order valence-corrected chi connectivity index (χ2v) is 4.01. The molecular formula is C14H11F2NO2. The lowest BCUT2D eigenvalue weighted by Crippen LogP contribution is -2.15. The van der Waals surface area contributed by atoms with Crippen molar-refractivity contribution in [2.75, 3.05) is 5.32 Å². The van der Waals surface area contributed by atoms with Gasteiger partial charge < -0.3 is 10.4 Å². The number of hydrogen-bond acceptors (Lipinski definition) is 2. The number of carbonyl (C=O) groups is 1. The summed E-state index contributed by atoms with van der Waals surface area (Å²) in [5.41, 5.74) is 0.407. The largest absolute Gasteiger partial charge is 0.508 e. The first-order chi connectivity index (χ1) is 9.00. The average molecular weight is 263 g/mol. The predicted molar refractivity (Wildman–Crippen MR) is 67.2 cm³/mol. The second kappa shape index (κ2) is 5.06. The molecule has 19 heavy (non-hydrogen) atoms. The molecule has 0 aliphatic heterocycles. The van der Waals surface area contributed by atoms with E-state index in [0.717, 1.165) is 6.07 Å². The molecule has 3 nitrogen and oxygen atoms in total. The molecule has 0 aliphatic carbocycles. The highest BCUT2D eigenvalue weighted by Gasteiger charge is 2.16. The Morgan fingerprint density at radius 3 is 2.58 bits per heavy atom. The molecule has 0 bridgehead atoms. The molecule has 2 rings (SSSR count). The number of phenolic OH excluding ortho intramolecular Hbond substituents is 1. The molecule has 0 aliphatic rings. The van der Waals surface area contributed by atoms with Gasteiger partial charge in [-0.05, 0) is 31.2 Å². The molecule has 0 spiro atoms. The van der Waals surface area contributed by atoms with Gasteiger partial charge in [-0.3, -0.25) is 4.79 Å². The van der Waals surface area contributed by atoms with Gasteiger partial charge in [-0.25, -0.2) is 8.78 Å².